The third kappa shape index (κ3) is 0. The molecule has 0 saturated carbocycles. The molecule has 0 amide bonds. The quantitative estimate of drug-likeness (QED) is 0.250. The predicted molar refractivity (Wildman–Crippen MR) is 238 cm³/mol. The van der Waals surface area contributed by atoms with E-state index in [1.807, 2.05) is 291 Å². The van der Waals surface area contributed by atoms with E-state index < -0.39 is 0 Å². The van der Waals surface area contributed by atoms with Gasteiger partial charge in [-0.05, 0) is 0 Å². The Morgan fingerprint density at radius 2 is 0.0476 bits per heavy atom. The highest BCUT2D eigenvalue weighted by atomic mass is 13.1. The average molecular weight is 631 g/mol. The molecule has 0 bridgehead atoms. The van der Waals surface area contributed by atoms with Crippen LogP contribution in [-0.2, 0) is 0 Å². The maximum absolute atomic E-state index is 2.00. The molecule has 0 fully saturated rings. The molecule has 0 spiro atoms. The van der Waals surface area contributed by atoms with Crippen LogP contribution in [0.25, 0.3) is 0 Å². The Labute approximate surface area is 290 Å². The molecule has 0 heteroatoms. The fourth-order valence-electron chi connectivity index (χ4n) is 0. The van der Waals surface area contributed by atoms with Crippen LogP contribution in [0.15, 0.2) is 0 Å². The molecule has 0 atom stereocenters. The predicted octanol–water partition coefficient (Wildman–Crippen LogP) is 21.6. The molecule has 0 aliphatic carbocycles. The van der Waals surface area contributed by atoms with Crippen LogP contribution in [0.4, 0.5) is 0 Å². The Morgan fingerprint density at radius 1 is 0.0476 bits per heavy atom. The summed E-state index contributed by atoms with van der Waals surface area (Å²) in [5, 5.41) is 0. The van der Waals surface area contributed by atoms with Gasteiger partial charge in [0.1, 0.15) is 0 Å². The second kappa shape index (κ2) is 0. The average Bonchev–Trinajstić information content (AvgIpc) is 3.24. The smallest absolute Gasteiger partial charge is 0.0683 e. The van der Waals surface area contributed by atoms with Crippen LogP contribution in [0.3, 0.4) is 0 Å². The van der Waals surface area contributed by atoms with Crippen molar-refractivity contribution in [2.24, 2.45) is 0 Å². The molecule has 0 unspecified atom stereocenters. The van der Waals surface area contributed by atoms with Crippen LogP contribution in [-0.4, -0.2) is 0 Å². The SMILES string of the molecule is CC.CC.CC.CC.CC.CC.CC.CC.CC.CC.CC.CC.CC.CC.CC.CC.CC.CC.CC.CC.CC. The summed E-state index contributed by atoms with van der Waals surface area (Å²) in [5.41, 5.74) is 0. The summed E-state index contributed by atoms with van der Waals surface area (Å²) in [6.07, 6.45) is 0. The molecule has 0 aromatic heterocycles. The van der Waals surface area contributed by atoms with Gasteiger partial charge in [-0.1, -0.05) is 291 Å². The fourth-order valence-corrected chi connectivity index (χ4v) is 0. The van der Waals surface area contributed by atoms with Crippen LogP contribution in [0, 0.1) is 0 Å². The molecule has 0 N–H and O–H groups in total. The van der Waals surface area contributed by atoms with Crippen LogP contribution in [0.5, 0.6) is 0 Å². The number of hydrogen-bond donors (Lipinski definition) is 0. The molecule has 0 aliphatic rings. The molecule has 0 aromatic rings. The Bertz CT molecular complexity index is 0. The molecule has 0 aromatic carbocycles. The maximum atomic E-state index is 2.00. The van der Waals surface area contributed by atoms with E-state index in [1.165, 1.54) is 0 Å². The Kier molecular flexibility index (Phi) is 0. The minimum atomic E-state index is 2.00. The van der Waals surface area contributed by atoms with Gasteiger partial charge in [0.15, 0.2) is 0 Å². The Morgan fingerprint density at radius 3 is 0.0476 bits per heavy atom. The molecular formula is C42H126. The highest BCUT2D eigenvalue weighted by molar-refractivity contribution is 3.54. The van der Waals surface area contributed by atoms with Crippen molar-refractivity contribution in [3.05, 3.63) is 0 Å². The molecule has 0 aliphatic heterocycles. The Hall–Kier alpha value is 0. The first-order chi connectivity index (χ1) is 21.0. The second-order valence-corrected chi connectivity index (χ2v) is 0. The highest BCUT2D eigenvalue weighted by Crippen LogP contribution is 1.18. The molecule has 0 heterocycles. The summed E-state index contributed by atoms with van der Waals surface area (Å²) in [4.78, 5) is 0. The Balaban J connectivity index is -0.00000000580. The van der Waals surface area contributed by atoms with E-state index in [2.05, 4.69) is 0 Å². The minimum absolute atomic E-state index is 2.00. The molecule has 0 nitrogen and oxygen atoms in total. The largest absolute Gasteiger partial charge is 0.0683 e. The topological polar surface area (TPSA) is 0 Å². The van der Waals surface area contributed by atoms with Gasteiger partial charge < -0.3 is 0 Å². The van der Waals surface area contributed by atoms with Crippen LogP contribution >= 0.6 is 0 Å². The standard InChI is InChI=1S/21C2H6/c21*1-2/h21*1-2H3. The highest BCUT2D eigenvalue weighted by Gasteiger charge is 0.972. The first-order valence-corrected chi connectivity index (χ1v) is 21.0. The van der Waals surface area contributed by atoms with Gasteiger partial charge >= 0.3 is 0 Å². The van der Waals surface area contributed by atoms with Crippen molar-refractivity contribution in [1.29, 1.82) is 0 Å². The van der Waals surface area contributed by atoms with E-state index in [9.17, 15) is 0 Å². The van der Waals surface area contributed by atoms with Crippen LogP contribution in [0.1, 0.15) is 291 Å². The molecule has 0 saturated heterocycles. The summed E-state index contributed by atoms with van der Waals surface area (Å²) in [5.74, 6) is 0. The minimum Gasteiger partial charge on any atom is -0.0683 e. The molecule has 0 rings (SSSR count). The summed E-state index contributed by atoms with van der Waals surface area (Å²) in [6.45, 7) is 84.0. The van der Waals surface area contributed by atoms with E-state index >= 15 is 0 Å². The summed E-state index contributed by atoms with van der Waals surface area (Å²) in [6, 6.07) is 0. The van der Waals surface area contributed by atoms with Crippen molar-refractivity contribution in [1.82, 2.24) is 0 Å². The normalized spacial score (nSPS) is 3.00. The zero-order valence-corrected chi connectivity index (χ0v) is 42.0. The van der Waals surface area contributed by atoms with Crippen molar-refractivity contribution in [3.8, 4) is 0 Å². The van der Waals surface area contributed by atoms with E-state index in [0.29, 0.717) is 0 Å². The van der Waals surface area contributed by atoms with Gasteiger partial charge in [-0.3, -0.25) is 0 Å². The van der Waals surface area contributed by atoms with Crippen molar-refractivity contribution in [3.63, 3.8) is 0 Å². The lowest BCUT2D eigenvalue weighted by Crippen LogP contribution is -0.856. The lowest BCUT2D eigenvalue weighted by atomic mass is 11.0. The van der Waals surface area contributed by atoms with Crippen LogP contribution in [0.2, 0.25) is 0 Å². The summed E-state index contributed by atoms with van der Waals surface area (Å²) >= 11 is 0. The number of rotatable bonds is 0. The van der Waals surface area contributed by atoms with Gasteiger partial charge in [-0.25, -0.2) is 0 Å². The van der Waals surface area contributed by atoms with Crippen molar-refractivity contribution >= 4 is 0 Å². The monoisotopic (exact) mass is 631 g/mol. The molecule has 294 valence electrons. The van der Waals surface area contributed by atoms with E-state index in [-0.39, 0.29) is 0 Å². The third-order valence-corrected chi connectivity index (χ3v) is 0. The van der Waals surface area contributed by atoms with Gasteiger partial charge in [-0.2, -0.15) is 0 Å². The number of hydrogen-bond acceptors (Lipinski definition) is 0. The zero-order valence-electron chi connectivity index (χ0n) is 42.0. The zero-order chi connectivity index (χ0) is 42.0. The molecular weight excluding hydrogens is 504 g/mol. The first kappa shape index (κ1) is 160. The van der Waals surface area contributed by atoms with Gasteiger partial charge in [0.2, 0.25) is 0 Å². The molecule has 0 radical (unpaired) electrons. The van der Waals surface area contributed by atoms with E-state index in [4.69, 9.17) is 0 Å². The van der Waals surface area contributed by atoms with Crippen molar-refractivity contribution in [2.45, 2.75) is 291 Å². The van der Waals surface area contributed by atoms with Crippen molar-refractivity contribution < 1.29 is 0 Å². The summed E-state index contributed by atoms with van der Waals surface area (Å²) in [7, 11) is 0. The van der Waals surface area contributed by atoms with Gasteiger partial charge in [0, 0.05) is 0 Å². The van der Waals surface area contributed by atoms with Crippen molar-refractivity contribution in [2.75, 3.05) is 0 Å². The second-order valence-electron chi connectivity index (χ2n) is 0. The first-order valence-electron chi connectivity index (χ1n) is 21.0. The van der Waals surface area contributed by atoms with Crippen LogP contribution < -0.4 is 0 Å². The van der Waals surface area contributed by atoms with Gasteiger partial charge in [-0.15, -0.1) is 0 Å². The van der Waals surface area contributed by atoms with E-state index in [1.54, 1.807) is 0 Å². The van der Waals surface area contributed by atoms with E-state index in [0.717, 1.165) is 0 Å². The summed E-state index contributed by atoms with van der Waals surface area (Å²) < 4.78 is 0. The lowest BCUT2D eigenvalue weighted by molar-refractivity contribution is 1.50. The molecule has 42 heavy (non-hydrogen) atoms. The fraction of sp³-hybridized carbons (Fsp3) is 1.00. The third-order valence-electron chi connectivity index (χ3n) is 0. The maximum Gasteiger partial charge on any atom is -0.0683 e. The van der Waals surface area contributed by atoms with Gasteiger partial charge in [0.25, 0.3) is 0 Å². The van der Waals surface area contributed by atoms with Gasteiger partial charge in [0.05, 0.1) is 0 Å². The lowest BCUT2D eigenvalue weighted by Gasteiger charge is -1.07.